The maximum Gasteiger partial charge on any atom is 0.303 e. The lowest BCUT2D eigenvalue weighted by Crippen LogP contribution is -2.63. The van der Waals surface area contributed by atoms with Gasteiger partial charge in [-0.05, 0) is 99.8 Å². The van der Waals surface area contributed by atoms with E-state index in [0.29, 0.717) is 24.0 Å². The second-order valence-electron chi connectivity index (χ2n) is 16.6. The van der Waals surface area contributed by atoms with Crippen molar-refractivity contribution in [2.24, 2.45) is 22.7 Å². The van der Waals surface area contributed by atoms with E-state index < -0.39 is 88.5 Å². The number of aliphatic hydroxyl groups is 6. The standard InChI is InChI=1S/C37H54O13/c1-17-19-9-10-24-34(5)14-21(40)31(37(8,47)25(41)11-12-33(3,4)50-18(2)39)35(34,6)15-26(42)36(24,7)20(19)13-22(27(17)43)48-32-30(46)29(45)28(44)23(16-38)49-32/h13,21,23-24,28-32,38,40,43-47H,9-12,14-16H2,1-8H3/t21-,23?,24+,28?,29?,30?,31+,32?,34+,35-,36-,37+/m1/s1. The zero-order valence-electron chi connectivity index (χ0n) is 30.2. The first-order valence-electron chi connectivity index (χ1n) is 17.5. The first kappa shape index (κ1) is 38.6. The van der Waals surface area contributed by atoms with Gasteiger partial charge in [-0.3, -0.25) is 14.4 Å². The second-order valence-corrected chi connectivity index (χ2v) is 16.6. The molecule has 50 heavy (non-hydrogen) atoms. The maximum absolute atomic E-state index is 14.7. The number of carbonyl (C=O) groups excluding carboxylic acids is 3. The highest BCUT2D eigenvalue weighted by Crippen LogP contribution is 2.72. The number of carbonyl (C=O) groups is 3. The number of aromatic hydroxyl groups is 1. The minimum atomic E-state index is -1.99. The van der Waals surface area contributed by atoms with Gasteiger partial charge in [0.1, 0.15) is 41.4 Å². The maximum atomic E-state index is 14.7. The first-order valence-corrected chi connectivity index (χ1v) is 17.5. The lowest BCUT2D eigenvalue weighted by Gasteiger charge is -2.61. The summed E-state index contributed by atoms with van der Waals surface area (Å²) in [5.74, 6) is -2.84. The normalized spacial score (nSPS) is 39.5. The van der Waals surface area contributed by atoms with E-state index in [-0.39, 0.29) is 48.9 Å². The van der Waals surface area contributed by atoms with Crippen LogP contribution in [-0.4, -0.2) is 108 Å². The van der Waals surface area contributed by atoms with Crippen LogP contribution in [0.1, 0.15) is 97.3 Å². The minimum absolute atomic E-state index is 0.0527. The molecule has 0 radical (unpaired) electrons. The summed E-state index contributed by atoms with van der Waals surface area (Å²) in [6, 6.07) is 1.54. The average molecular weight is 707 g/mol. The molecule has 280 valence electrons. The van der Waals surface area contributed by atoms with Crippen molar-refractivity contribution in [3.05, 3.63) is 22.8 Å². The number of phenolic OH excluding ortho intramolecular Hbond substituents is 1. The topological polar surface area (TPSA) is 221 Å². The van der Waals surface area contributed by atoms with Crippen LogP contribution < -0.4 is 4.74 Å². The smallest absolute Gasteiger partial charge is 0.303 e. The number of phenols is 1. The fourth-order valence-corrected chi connectivity index (χ4v) is 10.3. The van der Waals surface area contributed by atoms with Crippen molar-refractivity contribution in [3.63, 3.8) is 0 Å². The minimum Gasteiger partial charge on any atom is -0.504 e. The van der Waals surface area contributed by atoms with Crippen LogP contribution in [0.15, 0.2) is 6.07 Å². The van der Waals surface area contributed by atoms with Crippen molar-refractivity contribution in [1.29, 1.82) is 0 Å². The van der Waals surface area contributed by atoms with E-state index in [1.165, 1.54) is 13.8 Å². The van der Waals surface area contributed by atoms with Crippen molar-refractivity contribution >= 4 is 17.5 Å². The molecule has 3 fully saturated rings. The number of rotatable bonds is 9. The highest BCUT2D eigenvalue weighted by Gasteiger charge is 2.73. The molecule has 2 saturated carbocycles. The number of hydrogen-bond donors (Lipinski definition) is 7. The van der Waals surface area contributed by atoms with Crippen LogP contribution in [0, 0.1) is 29.6 Å². The van der Waals surface area contributed by atoms with Gasteiger partial charge in [0.15, 0.2) is 17.3 Å². The number of ketones is 2. The Bertz CT molecular complexity index is 1540. The predicted molar refractivity (Wildman–Crippen MR) is 177 cm³/mol. The molecular formula is C37H54O13. The van der Waals surface area contributed by atoms with E-state index in [1.54, 1.807) is 26.8 Å². The highest BCUT2D eigenvalue weighted by atomic mass is 16.7. The van der Waals surface area contributed by atoms with Gasteiger partial charge >= 0.3 is 5.97 Å². The Morgan fingerprint density at radius 3 is 2.28 bits per heavy atom. The fraction of sp³-hybridized carbons (Fsp3) is 0.757. The number of esters is 1. The average Bonchev–Trinajstić information content (AvgIpc) is 3.22. The molecular weight excluding hydrogens is 652 g/mol. The summed E-state index contributed by atoms with van der Waals surface area (Å²) in [6.07, 6.45) is -7.67. The van der Waals surface area contributed by atoms with E-state index in [4.69, 9.17) is 14.2 Å². The lowest BCUT2D eigenvalue weighted by molar-refractivity contribution is -0.277. The highest BCUT2D eigenvalue weighted by molar-refractivity contribution is 5.94. The van der Waals surface area contributed by atoms with Crippen molar-refractivity contribution in [3.8, 4) is 11.5 Å². The summed E-state index contributed by atoms with van der Waals surface area (Å²) in [5, 5.41) is 75.7. The van der Waals surface area contributed by atoms with Crippen LogP contribution in [0.2, 0.25) is 0 Å². The molecule has 1 saturated heterocycles. The van der Waals surface area contributed by atoms with Gasteiger partial charge in [0.2, 0.25) is 6.29 Å². The zero-order chi connectivity index (χ0) is 37.5. The second kappa shape index (κ2) is 12.8. The third kappa shape index (κ3) is 5.77. The van der Waals surface area contributed by atoms with Crippen LogP contribution in [-0.2, 0) is 35.7 Å². The van der Waals surface area contributed by atoms with Gasteiger partial charge in [-0.1, -0.05) is 13.8 Å². The van der Waals surface area contributed by atoms with Gasteiger partial charge in [0.25, 0.3) is 0 Å². The Morgan fingerprint density at radius 1 is 1.04 bits per heavy atom. The third-order valence-corrected chi connectivity index (χ3v) is 13.1. The van der Waals surface area contributed by atoms with E-state index >= 15 is 0 Å². The van der Waals surface area contributed by atoms with Gasteiger partial charge in [-0.15, -0.1) is 0 Å². The van der Waals surface area contributed by atoms with Crippen LogP contribution in [0.4, 0.5) is 0 Å². The van der Waals surface area contributed by atoms with Crippen molar-refractivity contribution in [2.75, 3.05) is 6.61 Å². The molecule has 5 rings (SSSR count). The molecule has 7 N–H and O–H groups in total. The summed E-state index contributed by atoms with van der Waals surface area (Å²) < 4.78 is 16.8. The third-order valence-electron chi connectivity index (χ3n) is 13.1. The molecule has 5 unspecified atom stereocenters. The first-order chi connectivity index (χ1) is 23.0. The van der Waals surface area contributed by atoms with E-state index in [0.717, 1.165) is 5.56 Å². The van der Waals surface area contributed by atoms with Crippen molar-refractivity contribution in [1.82, 2.24) is 0 Å². The molecule has 0 spiro atoms. The van der Waals surface area contributed by atoms with Gasteiger partial charge in [-0.25, -0.2) is 0 Å². The molecule has 4 aliphatic rings. The van der Waals surface area contributed by atoms with Gasteiger partial charge < -0.3 is 50.0 Å². The Morgan fingerprint density at radius 2 is 1.68 bits per heavy atom. The lowest BCUT2D eigenvalue weighted by atomic mass is 9.41. The van der Waals surface area contributed by atoms with Gasteiger partial charge in [0.05, 0.1) is 18.1 Å². The summed E-state index contributed by atoms with van der Waals surface area (Å²) in [7, 11) is 0. The number of ether oxygens (including phenoxy) is 3. The number of Topliss-reactive ketones (excluding diaryl/α,β-unsaturated/α-hetero) is 2. The summed E-state index contributed by atoms with van der Waals surface area (Å²) in [6.45, 7) is 12.8. The molecule has 1 aromatic rings. The van der Waals surface area contributed by atoms with E-state index in [2.05, 4.69) is 0 Å². The van der Waals surface area contributed by atoms with E-state index in [1.807, 2.05) is 20.8 Å². The Labute approximate surface area is 292 Å². The molecule has 3 aliphatic carbocycles. The predicted octanol–water partition coefficient (Wildman–Crippen LogP) is 1.51. The molecule has 12 atom stereocenters. The van der Waals surface area contributed by atoms with Crippen LogP contribution in [0.5, 0.6) is 11.5 Å². The summed E-state index contributed by atoms with van der Waals surface area (Å²) in [5.41, 5.74) is -3.97. The molecule has 13 nitrogen and oxygen atoms in total. The van der Waals surface area contributed by atoms with Crippen molar-refractivity contribution in [2.45, 2.75) is 147 Å². The van der Waals surface area contributed by atoms with Gasteiger partial charge in [-0.2, -0.15) is 0 Å². The monoisotopic (exact) mass is 706 g/mol. The van der Waals surface area contributed by atoms with E-state index in [9.17, 15) is 50.1 Å². The number of aliphatic hydroxyl groups excluding tert-OH is 5. The van der Waals surface area contributed by atoms with Gasteiger partial charge in [0, 0.05) is 25.7 Å². The number of hydrogen-bond acceptors (Lipinski definition) is 13. The van der Waals surface area contributed by atoms with Crippen LogP contribution in [0.25, 0.3) is 0 Å². The fourth-order valence-electron chi connectivity index (χ4n) is 10.3. The molecule has 0 aromatic heterocycles. The van der Waals surface area contributed by atoms with Crippen LogP contribution in [0.3, 0.4) is 0 Å². The largest absolute Gasteiger partial charge is 0.504 e. The molecule has 0 amide bonds. The Hall–Kier alpha value is -2.65. The quantitative estimate of drug-likeness (QED) is 0.181. The summed E-state index contributed by atoms with van der Waals surface area (Å²) in [4.78, 5) is 39.9. The SMILES string of the molecule is CC(=O)OC(C)(C)CCC(=O)[C@](C)(O)[C@H]1[C@H](O)C[C@@]2(C)[C@@H]3CCc4c(cc(OC5OC(CO)C(O)C(O)C5O)c(O)c4C)[C@@]3(C)C(=O)C[C@]12C. The molecule has 1 heterocycles. The summed E-state index contributed by atoms with van der Waals surface area (Å²) >= 11 is 0. The zero-order valence-corrected chi connectivity index (χ0v) is 30.2. The molecule has 13 heteroatoms. The Kier molecular flexibility index (Phi) is 9.86. The van der Waals surface area contributed by atoms with Crippen LogP contribution >= 0.6 is 0 Å². The molecule has 0 bridgehead atoms. The molecule has 1 aromatic carbocycles. The van der Waals surface area contributed by atoms with Crippen molar-refractivity contribution < 1.29 is 64.3 Å². The molecule has 1 aliphatic heterocycles. The number of benzene rings is 1. The Balaban J connectivity index is 1.49. The number of fused-ring (bicyclic) bond motifs is 5.